The van der Waals surface area contributed by atoms with Gasteiger partial charge in [0.2, 0.25) is 0 Å². The van der Waals surface area contributed by atoms with Crippen LogP contribution >= 0.6 is 11.6 Å². The molecule has 0 unspecified atom stereocenters. The number of nitrogens with zero attached hydrogens (tertiary/aromatic N) is 2. The minimum atomic E-state index is 0.110. The van der Waals surface area contributed by atoms with Gasteiger partial charge in [0.15, 0.2) is 5.15 Å². The first kappa shape index (κ1) is 9.02. The van der Waals surface area contributed by atoms with Crippen LogP contribution in [0.1, 0.15) is 5.82 Å². The lowest BCUT2D eigenvalue weighted by atomic mass is 10.4. The number of hydrogen-bond acceptors (Lipinski definition) is 3. The molecule has 2 heterocycles. The first-order valence-corrected chi connectivity index (χ1v) is 4.39. The lowest BCUT2D eigenvalue weighted by molar-refractivity contribution is -0.107. The van der Waals surface area contributed by atoms with E-state index in [-0.39, 0.29) is 12.2 Å². The molecule has 0 atom stereocenters. The van der Waals surface area contributed by atoms with Crippen LogP contribution in [0.2, 0.25) is 5.15 Å². The van der Waals surface area contributed by atoms with E-state index in [1.807, 2.05) is 0 Å². The van der Waals surface area contributed by atoms with Gasteiger partial charge in [0.25, 0.3) is 0 Å². The molecule has 14 heavy (non-hydrogen) atoms. The summed E-state index contributed by atoms with van der Waals surface area (Å²) in [5, 5.41) is 9.59. The van der Waals surface area contributed by atoms with Gasteiger partial charge in [-0.1, -0.05) is 11.6 Å². The van der Waals surface area contributed by atoms with Gasteiger partial charge in [0.1, 0.15) is 17.9 Å². The van der Waals surface area contributed by atoms with Gasteiger partial charge in [0.05, 0.1) is 18.1 Å². The van der Waals surface area contributed by atoms with E-state index < -0.39 is 0 Å². The van der Waals surface area contributed by atoms with Gasteiger partial charge in [-0.15, -0.1) is 0 Å². The molecular weight excluding hydrogens is 204 g/mol. The minimum Gasteiger partial charge on any atom is -0.506 e. The fourth-order valence-electron chi connectivity index (χ4n) is 1.31. The summed E-state index contributed by atoms with van der Waals surface area (Å²) in [6, 6.07) is 3.17. The molecule has 0 aliphatic carbocycles. The van der Waals surface area contributed by atoms with Gasteiger partial charge in [0, 0.05) is 0 Å². The maximum absolute atomic E-state index is 10.4. The number of aromatic nitrogens is 2. The summed E-state index contributed by atoms with van der Waals surface area (Å²) >= 11 is 5.84. The average molecular weight is 211 g/mol. The number of hydrogen-bond donors (Lipinski definition) is 1. The molecule has 1 N–H and O–H groups in total. The highest BCUT2D eigenvalue weighted by Gasteiger charge is 2.08. The third-order valence-electron chi connectivity index (χ3n) is 1.92. The Kier molecular flexibility index (Phi) is 2.13. The zero-order valence-electron chi connectivity index (χ0n) is 7.14. The van der Waals surface area contributed by atoms with E-state index in [2.05, 4.69) is 4.98 Å². The predicted octanol–water partition coefficient (Wildman–Crippen LogP) is 1.43. The quantitative estimate of drug-likeness (QED) is 0.763. The zero-order valence-corrected chi connectivity index (χ0v) is 7.90. The molecule has 0 aromatic carbocycles. The molecule has 0 bridgehead atoms. The van der Waals surface area contributed by atoms with Crippen LogP contribution in [-0.2, 0) is 11.2 Å². The summed E-state index contributed by atoms with van der Waals surface area (Å²) in [6.45, 7) is 0. The highest BCUT2D eigenvalue weighted by Crippen LogP contribution is 2.21. The smallest absolute Gasteiger partial charge is 0.155 e. The van der Waals surface area contributed by atoms with Crippen molar-refractivity contribution in [2.24, 2.45) is 0 Å². The van der Waals surface area contributed by atoms with Crippen LogP contribution in [0.4, 0.5) is 0 Å². The topological polar surface area (TPSA) is 54.6 Å². The Labute approximate surface area is 84.8 Å². The van der Waals surface area contributed by atoms with Crippen molar-refractivity contribution >= 4 is 23.4 Å². The van der Waals surface area contributed by atoms with Crippen LogP contribution in [-0.4, -0.2) is 20.8 Å². The molecule has 0 saturated heterocycles. The van der Waals surface area contributed by atoms with Gasteiger partial charge in [-0.3, -0.25) is 4.40 Å². The molecule has 0 aliphatic heterocycles. The maximum Gasteiger partial charge on any atom is 0.155 e. The van der Waals surface area contributed by atoms with Crippen LogP contribution in [0.15, 0.2) is 18.3 Å². The second kappa shape index (κ2) is 3.31. The van der Waals surface area contributed by atoms with Crippen LogP contribution in [0.25, 0.3) is 5.52 Å². The van der Waals surface area contributed by atoms with E-state index in [1.165, 1.54) is 12.3 Å². The second-order valence-corrected chi connectivity index (χ2v) is 3.19. The molecule has 2 rings (SSSR count). The van der Waals surface area contributed by atoms with Gasteiger partial charge in [-0.25, -0.2) is 4.98 Å². The third-order valence-corrected chi connectivity index (χ3v) is 2.19. The van der Waals surface area contributed by atoms with Crippen LogP contribution in [0.5, 0.6) is 5.75 Å². The fourth-order valence-corrected chi connectivity index (χ4v) is 1.57. The van der Waals surface area contributed by atoms with Crippen LogP contribution in [0.3, 0.4) is 0 Å². The molecule has 0 amide bonds. The number of aldehydes is 1. The highest BCUT2D eigenvalue weighted by atomic mass is 35.5. The average Bonchev–Trinajstić information content (AvgIpc) is 2.44. The molecule has 0 radical (unpaired) electrons. The van der Waals surface area contributed by atoms with Crippen LogP contribution in [0, 0.1) is 0 Å². The third kappa shape index (κ3) is 1.33. The Morgan fingerprint density at radius 3 is 3.07 bits per heavy atom. The molecule has 4 nitrogen and oxygen atoms in total. The lowest BCUT2D eigenvalue weighted by Gasteiger charge is -1.97. The number of fused-ring (bicyclic) bond motifs is 1. The Morgan fingerprint density at radius 2 is 2.36 bits per heavy atom. The molecule has 5 heteroatoms. The van der Waals surface area contributed by atoms with Crippen molar-refractivity contribution in [2.45, 2.75) is 6.42 Å². The lowest BCUT2D eigenvalue weighted by Crippen LogP contribution is -1.94. The highest BCUT2D eigenvalue weighted by molar-refractivity contribution is 6.32. The number of carbonyl (C=O) groups is 1. The number of aromatic hydroxyl groups is 1. The normalized spacial score (nSPS) is 10.6. The standard InChI is InChI=1S/C9H7ClN2O2/c10-9-7-2-1-6(14)5-12(7)8(11-9)3-4-13/h1-2,4-5,14H,3H2. The van der Waals surface area contributed by atoms with Gasteiger partial charge < -0.3 is 9.90 Å². The number of pyridine rings is 1. The molecular formula is C9H7ClN2O2. The van der Waals surface area contributed by atoms with Crippen molar-refractivity contribution in [1.29, 1.82) is 0 Å². The van der Waals surface area contributed by atoms with E-state index in [1.54, 1.807) is 10.5 Å². The summed E-state index contributed by atoms with van der Waals surface area (Å²) < 4.78 is 1.60. The van der Waals surface area contributed by atoms with Crippen molar-refractivity contribution in [3.63, 3.8) is 0 Å². The predicted molar refractivity (Wildman–Crippen MR) is 51.6 cm³/mol. The Hall–Kier alpha value is -1.55. The van der Waals surface area contributed by atoms with Crippen molar-refractivity contribution < 1.29 is 9.90 Å². The fraction of sp³-hybridized carbons (Fsp3) is 0.111. The Bertz CT molecular complexity index is 493. The second-order valence-electron chi connectivity index (χ2n) is 2.83. The molecule has 2 aromatic heterocycles. The SMILES string of the molecule is O=CCc1nc(Cl)c2ccc(O)cn12. The number of rotatable bonds is 2. The van der Waals surface area contributed by atoms with Gasteiger partial charge >= 0.3 is 0 Å². The summed E-state index contributed by atoms with van der Waals surface area (Å²) in [5.74, 6) is 0.634. The largest absolute Gasteiger partial charge is 0.506 e. The molecule has 2 aromatic rings. The zero-order chi connectivity index (χ0) is 10.1. The summed E-state index contributed by atoms with van der Waals surface area (Å²) in [7, 11) is 0. The summed E-state index contributed by atoms with van der Waals surface area (Å²) in [5.41, 5.74) is 0.682. The van der Waals surface area contributed by atoms with Gasteiger partial charge in [-0.2, -0.15) is 0 Å². The van der Waals surface area contributed by atoms with Crippen molar-refractivity contribution in [1.82, 2.24) is 9.38 Å². The van der Waals surface area contributed by atoms with Crippen molar-refractivity contribution in [3.05, 3.63) is 29.3 Å². The maximum atomic E-state index is 10.4. The monoisotopic (exact) mass is 210 g/mol. The van der Waals surface area contributed by atoms with Crippen molar-refractivity contribution in [3.8, 4) is 5.75 Å². The minimum absolute atomic E-state index is 0.110. The van der Waals surface area contributed by atoms with Crippen molar-refractivity contribution in [2.75, 3.05) is 0 Å². The molecule has 0 spiro atoms. The van der Waals surface area contributed by atoms with E-state index in [0.717, 1.165) is 6.29 Å². The van der Waals surface area contributed by atoms with Crippen LogP contribution < -0.4 is 0 Å². The summed E-state index contributed by atoms with van der Waals surface area (Å²) in [6.07, 6.45) is 2.40. The van der Waals surface area contributed by atoms with E-state index in [4.69, 9.17) is 11.6 Å². The number of carbonyl (C=O) groups excluding carboxylic acids is 1. The number of imidazole rings is 1. The first-order chi connectivity index (χ1) is 6.72. The summed E-state index contributed by atoms with van der Waals surface area (Å²) in [4.78, 5) is 14.4. The Balaban J connectivity index is 2.72. The number of halogens is 1. The van der Waals surface area contributed by atoms with E-state index in [9.17, 15) is 9.90 Å². The molecule has 0 fully saturated rings. The molecule has 0 aliphatic rings. The Morgan fingerprint density at radius 1 is 1.57 bits per heavy atom. The van der Waals surface area contributed by atoms with Gasteiger partial charge in [-0.05, 0) is 12.1 Å². The molecule has 0 saturated carbocycles. The van der Waals surface area contributed by atoms with E-state index >= 15 is 0 Å². The van der Waals surface area contributed by atoms with E-state index in [0.29, 0.717) is 16.5 Å². The first-order valence-electron chi connectivity index (χ1n) is 4.01. The molecule has 72 valence electrons.